The monoisotopic (exact) mass is 273 g/mol. The van der Waals surface area contributed by atoms with Crippen LogP contribution in [0.2, 0.25) is 0 Å². The normalized spacial score (nSPS) is 16.2. The molecule has 3 heteroatoms. The van der Waals surface area contributed by atoms with Crippen LogP contribution in [0.5, 0.6) is 0 Å². The van der Waals surface area contributed by atoms with Gasteiger partial charge in [-0.05, 0) is 33.1 Å². The quantitative estimate of drug-likeness (QED) is 0.669. The summed E-state index contributed by atoms with van der Waals surface area (Å²) in [4.78, 5) is 12.4. The minimum Gasteiger partial charge on any atom is -0.351 e. The molecule has 0 heterocycles. The van der Waals surface area contributed by atoms with E-state index in [2.05, 4.69) is 39.9 Å². The summed E-state index contributed by atoms with van der Waals surface area (Å²) in [5.41, 5.74) is -0.510. The van der Waals surface area contributed by atoms with Crippen LogP contribution in [0.3, 0.4) is 0 Å². The number of nitrogens with one attached hydrogen (secondary N) is 1. The van der Waals surface area contributed by atoms with Crippen molar-refractivity contribution >= 4 is 18.5 Å². The van der Waals surface area contributed by atoms with E-state index in [0.717, 1.165) is 25.7 Å². The summed E-state index contributed by atoms with van der Waals surface area (Å²) in [6, 6.07) is 0. The molecule has 0 rings (SSSR count). The molecule has 1 amide bonds. The van der Waals surface area contributed by atoms with Gasteiger partial charge in [0.05, 0.1) is 0 Å². The second-order valence-electron chi connectivity index (χ2n) is 7.00. The molecule has 0 aliphatic rings. The van der Waals surface area contributed by atoms with Crippen molar-refractivity contribution in [3.8, 4) is 0 Å². The third kappa shape index (κ3) is 6.12. The van der Waals surface area contributed by atoms with Crippen LogP contribution >= 0.6 is 12.6 Å². The maximum Gasteiger partial charge on any atom is 0.226 e. The molecule has 0 fully saturated rings. The molecule has 2 nitrogen and oxygen atoms in total. The van der Waals surface area contributed by atoms with Gasteiger partial charge in [-0.1, -0.05) is 41.0 Å². The Morgan fingerprint density at radius 3 is 2.00 bits per heavy atom. The molecule has 0 bridgehead atoms. The Hall–Kier alpha value is -0.180. The highest BCUT2D eigenvalue weighted by Gasteiger charge is 2.36. The predicted octanol–water partition coefficient (Wildman–Crippen LogP) is 4.20. The van der Waals surface area contributed by atoms with Gasteiger partial charge in [0, 0.05) is 15.7 Å². The molecule has 0 spiro atoms. The minimum absolute atomic E-state index is 0.0774. The standard InChI is InChI=1S/C15H31NOS/c1-8-10-15(7,18)11-13(3,4)12(17)16-14(5,6)9-2/h18H,8-11H2,1-7H3,(H,16,17). The Balaban J connectivity index is 4.68. The van der Waals surface area contributed by atoms with E-state index in [1.54, 1.807) is 0 Å². The zero-order valence-electron chi connectivity index (χ0n) is 13.2. The number of carbonyl (C=O) groups excluding carboxylic acids is 1. The van der Waals surface area contributed by atoms with E-state index in [1.165, 1.54) is 0 Å². The van der Waals surface area contributed by atoms with Gasteiger partial charge in [0.15, 0.2) is 0 Å². The third-order valence-corrected chi connectivity index (χ3v) is 3.94. The maximum absolute atomic E-state index is 12.4. The summed E-state index contributed by atoms with van der Waals surface area (Å²) >= 11 is 4.71. The number of hydrogen-bond donors (Lipinski definition) is 2. The van der Waals surface area contributed by atoms with Crippen LogP contribution in [0.4, 0.5) is 0 Å². The number of hydrogen-bond acceptors (Lipinski definition) is 2. The average molecular weight is 273 g/mol. The number of carbonyl (C=O) groups is 1. The van der Waals surface area contributed by atoms with E-state index in [0.29, 0.717) is 0 Å². The first-order chi connectivity index (χ1) is 7.96. The molecular weight excluding hydrogens is 242 g/mol. The van der Waals surface area contributed by atoms with Crippen LogP contribution in [0, 0.1) is 5.41 Å². The highest BCUT2D eigenvalue weighted by Crippen LogP contribution is 2.35. The summed E-state index contributed by atoms with van der Waals surface area (Å²) in [6.07, 6.45) is 3.85. The molecule has 0 saturated carbocycles. The fraction of sp³-hybridized carbons (Fsp3) is 0.933. The highest BCUT2D eigenvalue weighted by atomic mass is 32.1. The van der Waals surface area contributed by atoms with Crippen molar-refractivity contribution in [1.82, 2.24) is 5.32 Å². The fourth-order valence-electron chi connectivity index (χ4n) is 2.22. The second kappa shape index (κ2) is 6.31. The van der Waals surface area contributed by atoms with Crippen LogP contribution < -0.4 is 5.32 Å². The first kappa shape index (κ1) is 17.8. The van der Waals surface area contributed by atoms with Crippen molar-refractivity contribution in [2.24, 2.45) is 5.41 Å². The number of thiol groups is 1. The van der Waals surface area contributed by atoms with Crippen LogP contribution in [-0.2, 0) is 4.79 Å². The Morgan fingerprint density at radius 1 is 1.11 bits per heavy atom. The SMILES string of the molecule is CCCC(C)(S)CC(C)(C)C(=O)NC(C)(C)CC. The van der Waals surface area contributed by atoms with E-state index in [4.69, 9.17) is 12.6 Å². The molecule has 0 radical (unpaired) electrons. The van der Waals surface area contributed by atoms with E-state index in [-0.39, 0.29) is 21.6 Å². The van der Waals surface area contributed by atoms with Crippen molar-refractivity contribution in [2.75, 3.05) is 0 Å². The lowest BCUT2D eigenvalue weighted by Gasteiger charge is -2.36. The van der Waals surface area contributed by atoms with Crippen molar-refractivity contribution in [2.45, 2.75) is 84.4 Å². The molecular formula is C15H31NOS. The smallest absolute Gasteiger partial charge is 0.226 e. The van der Waals surface area contributed by atoms with Crippen LogP contribution in [0.25, 0.3) is 0 Å². The van der Waals surface area contributed by atoms with E-state index >= 15 is 0 Å². The van der Waals surface area contributed by atoms with Gasteiger partial charge >= 0.3 is 0 Å². The van der Waals surface area contributed by atoms with E-state index in [1.807, 2.05) is 13.8 Å². The molecule has 1 N–H and O–H groups in total. The maximum atomic E-state index is 12.4. The molecule has 0 saturated heterocycles. The Morgan fingerprint density at radius 2 is 1.61 bits per heavy atom. The fourth-order valence-corrected chi connectivity index (χ4v) is 2.84. The lowest BCUT2D eigenvalue weighted by molar-refractivity contribution is -0.131. The van der Waals surface area contributed by atoms with Gasteiger partial charge in [-0.15, -0.1) is 0 Å². The van der Waals surface area contributed by atoms with Gasteiger partial charge in [0.1, 0.15) is 0 Å². The van der Waals surface area contributed by atoms with Crippen LogP contribution in [-0.4, -0.2) is 16.2 Å². The zero-order valence-corrected chi connectivity index (χ0v) is 14.1. The molecule has 18 heavy (non-hydrogen) atoms. The Labute approximate surface area is 119 Å². The van der Waals surface area contributed by atoms with Gasteiger partial charge in [0.2, 0.25) is 5.91 Å². The molecule has 0 aromatic carbocycles. The van der Waals surface area contributed by atoms with Crippen LogP contribution in [0.1, 0.15) is 74.1 Å². The number of amides is 1. The van der Waals surface area contributed by atoms with Gasteiger partial charge < -0.3 is 5.32 Å². The van der Waals surface area contributed by atoms with Gasteiger partial charge in [0.25, 0.3) is 0 Å². The molecule has 1 unspecified atom stereocenters. The van der Waals surface area contributed by atoms with Crippen molar-refractivity contribution in [3.05, 3.63) is 0 Å². The summed E-state index contributed by atoms with van der Waals surface area (Å²) < 4.78 is -0.0774. The summed E-state index contributed by atoms with van der Waals surface area (Å²) in [7, 11) is 0. The second-order valence-corrected chi connectivity index (χ2v) is 8.08. The van der Waals surface area contributed by atoms with E-state index in [9.17, 15) is 4.79 Å². The zero-order chi connectivity index (χ0) is 14.6. The first-order valence-electron chi connectivity index (χ1n) is 7.01. The van der Waals surface area contributed by atoms with Crippen molar-refractivity contribution in [3.63, 3.8) is 0 Å². The molecule has 0 aliphatic carbocycles. The average Bonchev–Trinajstić information content (AvgIpc) is 2.15. The molecule has 1 atom stereocenters. The third-order valence-electron chi connectivity index (χ3n) is 3.56. The molecule has 108 valence electrons. The van der Waals surface area contributed by atoms with Gasteiger partial charge in [-0.2, -0.15) is 12.6 Å². The topological polar surface area (TPSA) is 29.1 Å². The minimum atomic E-state index is -0.377. The van der Waals surface area contributed by atoms with Crippen LogP contribution in [0.15, 0.2) is 0 Å². The lowest BCUT2D eigenvalue weighted by atomic mass is 9.80. The summed E-state index contributed by atoms with van der Waals surface area (Å²) in [5.74, 6) is 0.130. The first-order valence-corrected chi connectivity index (χ1v) is 7.45. The Bertz CT molecular complexity index is 282. The largest absolute Gasteiger partial charge is 0.351 e. The number of rotatable bonds is 7. The molecule has 0 aliphatic heterocycles. The molecule has 0 aromatic heterocycles. The molecule has 0 aromatic rings. The summed E-state index contributed by atoms with van der Waals surface area (Å²) in [5, 5.41) is 3.14. The van der Waals surface area contributed by atoms with Crippen molar-refractivity contribution in [1.29, 1.82) is 0 Å². The van der Waals surface area contributed by atoms with E-state index < -0.39 is 0 Å². The summed E-state index contributed by atoms with van der Waals surface area (Å²) in [6.45, 7) is 14.5. The van der Waals surface area contributed by atoms with Gasteiger partial charge in [-0.25, -0.2) is 0 Å². The predicted molar refractivity (Wildman–Crippen MR) is 83.2 cm³/mol. The van der Waals surface area contributed by atoms with Gasteiger partial charge in [-0.3, -0.25) is 4.79 Å². The lowest BCUT2D eigenvalue weighted by Crippen LogP contribution is -2.49. The highest BCUT2D eigenvalue weighted by molar-refractivity contribution is 7.81. The Kier molecular flexibility index (Phi) is 6.25. The van der Waals surface area contributed by atoms with Crippen molar-refractivity contribution < 1.29 is 4.79 Å².